The van der Waals surface area contributed by atoms with Gasteiger partial charge in [-0.25, -0.2) is 4.98 Å². The van der Waals surface area contributed by atoms with Crippen molar-refractivity contribution in [3.8, 4) is 5.75 Å². The lowest BCUT2D eigenvalue weighted by atomic mass is 10.2. The molecule has 1 saturated heterocycles. The number of pyridine rings is 1. The molecular formula is C22H24F3N5O2. The summed E-state index contributed by atoms with van der Waals surface area (Å²) in [5.41, 5.74) is 0.573. The average Bonchev–Trinajstić information content (AvgIpc) is 3.32. The van der Waals surface area contributed by atoms with Crippen LogP contribution in [0.1, 0.15) is 29.5 Å². The van der Waals surface area contributed by atoms with E-state index in [1.165, 1.54) is 25.9 Å². The Balaban J connectivity index is 1.42. The number of carbonyl (C=O) groups is 1. The van der Waals surface area contributed by atoms with Gasteiger partial charge in [0.2, 0.25) is 5.82 Å². The molecule has 1 aliphatic heterocycles. The van der Waals surface area contributed by atoms with E-state index in [-0.39, 0.29) is 16.6 Å². The van der Waals surface area contributed by atoms with Crippen molar-refractivity contribution in [3.05, 3.63) is 48.0 Å². The number of hydrogen-bond acceptors (Lipinski definition) is 5. The van der Waals surface area contributed by atoms with Crippen LogP contribution in [-0.4, -0.2) is 51.6 Å². The molecule has 1 aliphatic rings. The minimum absolute atomic E-state index is 0.00335. The first-order valence-electron chi connectivity index (χ1n) is 10.4. The minimum atomic E-state index is -4.63. The van der Waals surface area contributed by atoms with Gasteiger partial charge >= 0.3 is 6.18 Å². The van der Waals surface area contributed by atoms with Crippen LogP contribution in [0.25, 0.3) is 11.0 Å². The summed E-state index contributed by atoms with van der Waals surface area (Å²) in [6, 6.07) is 6.85. The maximum absolute atomic E-state index is 13.2. The minimum Gasteiger partial charge on any atom is -0.492 e. The Labute approximate surface area is 183 Å². The normalized spacial score (nSPS) is 17.1. The van der Waals surface area contributed by atoms with Crippen LogP contribution in [0.15, 0.2) is 36.7 Å². The molecule has 1 atom stereocenters. The maximum Gasteiger partial charge on any atom is 0.449 e. The van der Waals surface area contributed by atoms with Gasteiger partial charge in [-0.05, 0) is 43.1 Å². The maximum atomic E-state index is 13.2. The number of anilines is 1. The number of alkyl halides is 3. The Kier molecular flexibility index (Phi) is 6.05. The second kappa shape index (κ2) is 8.78. The number of amides is 1. The third-order valence-corrected chi connectivity index (χ3v) is 5.57. The number of nitrogens with zero attached hydrogens (tertiary/aromatic N) is 4. The molecule has 1 fully saturated rings. The Morgan fingerprint density at radius 2 is 2.00 bits per heavy atom. The summed E-state index contributed by atoms with van der Waals surface area (Å²) in [5, 5.41) is 2.69. The second-order valence-corrected chi connectivity index (χ2v) is 8.07. The molecule has 170 valence electrons. The van der Waals surface area contributed by atoms with Crippen LogP contribution in [0.3, 0.4) is 0 Å². The third-order valence-electron chi connectivity index (χ3n) is 5.57. The lowest BCUT2D eigenvalue weighted by Crippen LogP contribution is -2.25. The highest BCUT2D eigenvalue weighted by molar-refractivity contribution is 6.11. The number of likely N-dealkylation sites (tertiary alicyclic amines) is 1. The molecule has 0 aliphatic carbocycles. The highest BCUT2D eigenvalue weighted by atomic mass is 19.4. The SMILES string of the molecule is CC1CCN(CCOc2ccc(NC(=O)c3cncc4nc(C(F)(F)F)n(C)c34)cc2)C1. The van der Waals surface area contributed by atoms with Gasteiger partial charge in [0.15, 0.2) is 0 Å². The number of nitrogens with one attached hydrogen (secondary N) is 1. The zero-order valence-electron chi connectivity index (χ0n) is 17.8. The van der Waals surface area contributed by atoms with Crippen molar-refractivity contribution in [2.24, 2.45) is 13.0 Å². The first-order valence-corrected chi connectivity index (χ1v) is 10.4. The standard InChI is InChI=1S/C22H24F3N5O2/c1-14-7-8-30(13-14)9-10-32-16-5-3-15(4-6-16)27-20(31)17-11-26-12-18-19(17)29(2)21(28-18)22(23,24)25/h3-6,11-12,14H,7-10,13H2,1-2H3,(H,27,31). The van der Waals surface area contributed by atoms with Crippen LogP contribution in [0.5, 0.6) is 5.75 Å². The highest BCUT2D eigenvalue weighted by Gasteiger charge is 2.37. The number of ether oxygens (including phenoxy) is 1. The number of benzene rings is 1. The summed E-state index contributed by atoms with van der Waals surface area (Å²) in [5.74, 6) is -0.248. The van der Waals surface area contributed by atoms with E-state index in [0.717, 1.165) is 30.1 Å². The van der Waals surface area contributed by atoms with Gasteiger partial charge in [0.25, 0.3) is 5.91 Å². The third kappa shape index (κ3) is 4.69. The van der Waals surface area contributed by atoms with Gasteiger partial charge in [-0.15, -0.1) is 0 Å². The van der Waals surface area contributed by atoms with Crippen molar-refractivity contribution < 1.29 is 22.7 Å². The first kappa shape index (κ1) is 22.1. The van der Waals surface area contributed by atoms with Gasteiger partial charge in [-0.2, -0.15) is 13.2 Å². The van der Waals surface area contributed by atoms with Crippen LogP contribution in [0.2, 0.25) is 0 Å². The molecule has 1 unspecified atom stereocenters. The molecule has 32 heavy (non-hydrogen) atoms. The number of halogens is 3. The van der Waals surface area contributed by atoms with Gasteiger partial charge in [0.1, 0.15) is 17.9 Å². The fourth-order valence-corrected chi connectivity index (χ4v) is 3.95. The fourth-order valence-electron chi connectivity index (χ4n) is 3.95. The molecule has 10 heteroatoms. The van der Waals surface area contributed by atoms with E-state index < -0.39 is 17.9 Å². The first-order chi connectivity index (χ1) is 15.2. The van der Waals surface area contributed by atoms with Crippen LogP contribution in [0.4, 0.5) is 18.9 Å². The second-order valence-electron chi connectivity index (χ2n) is 8.07. The quantitative estimate of drug-likeness (QED) is 0.619. The molecule has 3 heterocycles. The Hall–Kier alpha value is -3.14. The van der Waals surface area contributed by atoms with E-state index in [1.54, 1.807) is 24.3 Å². The zero-order chi connectivity index (χ0) is 22.9. The molecule has 1 N–H and O–H groups in total. The molecule has 0 saturated carbocycles. The molecule has 2 aromatic heterocycles. The van der Waals surface area contributed by atoms with Gasteiger partial charge in [-0.1, -0.05) is 6.92 Å². The summed E-state index contributed by atoms with van der Waals surface area (Å²) in [6.45, 7) is 5.88. The lowest BCUT2D eigenvalue weighted by molar-refractivity contribution is -0.146. The number of fused-ring (bicyclic) bond motifs is 1. The number of carbonyl (C=O) groups excluding carboxylic acids is 1. The van der Waals surface area contributed by atoms with Crippen molar-refractivity contribution in [3.63, 3.8) is 0 Å². The van der Waals surface area contributed by atoms with Crippen LogP contribution in [-0.2, 0) is 13.2 Å². The number of aromatic nitrogens is 3. The van der Waals surface area contributed by atoms with Crippen molar-refractivity contribution in [2.75, 3.05) is 31.6 Å². The van der Waals surface area contributed by atoms with E-state index in [4.69, 9.17) is 4.74 Å². The summed E-state index contributed by atoms with van der Waals surface area (Å²) in [7, 11) is 1.23. The van der Waals surface area contributed by atoms with Gasteiger partial charge in [-0.3, -0.25) is 14.7 Å². The highest BCUT2D eigenvalue weighted by Crippen LogP contribution is 2.31. The Bertz CT molecular complexity index is 1110. The molecule has 0 spiro atoms. The number of aryl methyl sites for hydroxylation is 1. The van der Waals surface area contributed by atoms with Gasteiger partial charge in [0.05, 0.1) is 17.3 Å². The lowest BCUT2D eigenvalue weighted by Gasteiger charge is -2.15. The van der Waals surface area contributed by atoms with E-state index in [9.17, 15) is 18.0 Å². The van der Waals surface area contributed by atoms with E-state index in [0.29, 0.717) is 18.0 Å². The topological polar surface area (TPSA) is 72.3 Å². The smallest absolute Gasteiger partial charge is 0.449 e. The van der Waals surface area contributed by atoms with E-state index in [1.807, 2.05) is 0 Å². The predicted molar refractivity (Wildman–Crippen MR) is 114 cm³/mol. The molecule has 7 nitrogen and oxygen atoms in total. The fraction of sp³-hybridized carbons (Fsp3) is 0.409. The zero-order valence-corrected chi connectivity index (χ0v) is 17.8. The number of rotatable bonds is 6. The molecule has 3 aromatic rings. The van der Waals surface area contributed by atoms with Crippen molar-refractivity contribution in [1.82, 2.24) is 19.4 Å². The van der Waals surface area contributed by atoms with Crippen molar-refractivity contribution in [2.45, 2.75) is 19.5 Å². The summed E-state index contributed by atoms with van der Waals surface area (Å²) < 4.78 is 46.2. The van der Waals surface area contributed by atoms with Crippen LogP contribution < -0.4 is 10.1 Å². The van der Waals surface area contributed by atoms with E-state index >= 15 is 0 Å². The van der Waals surface area contributed by atoms with E-state index in [2.05, 4.69) is 27.1 Å². The Morgan fingerprint density at radius 3 is 2.66 bits per heavy atom. The van der Waals surface area contributed by atoms with Crippen LogP contribution in [0, 0.1) is 5.92 Å². The molecule has 4 rings (SSSR count). The van der Waals surface area contributed by atoms with Gasteiger partial charge < -0.3 is 14.6 Å². The predicted octanol–water partition coefficient (Wildman–Crippen LogP) is 3.96. The number of imidazole rings is 1. The molecular weight excluding hydrogens is 423 g/mol. The summed E-state index contributed by atoms with van der Waals surface area (Å²) in [6.07, 6.45) is -0.981. The molecule has 1 amide bonds. The average molecular weight is 447 g/mol. The number of hydrogen-bond donors (Lipinski definition) is 1. The van der Waals surface area contributed by atoms with Gasteiger partial charge in [0, 0.05) is 32.0 Å². The molecule has 0 radical (unpaired) electrons. The summed E-state index contributed by atoms with van der Waals surface area (Å²) >= 11 is 0. The molecule has 0 bridgehead atoms. The van der Waals surface area contributed by atoms with Crippen molar-refractivity contribution >= 4 is 22.6 Å². The largest absolute Gasteiger partial charge is 0.492 e. The van der Waals surface area contributed by atoms with Crippen LogP contribution >= 0.6 is 0 Å². The monoisotopic (exact) mass is 447 g/mol. The molecule has 1 aromatic carbocycles. The van der Waals surface area contributed by atoms with Crippen molar-refractivity contribution in [1.29, 1.82) is 0 Å². The Morgan fingerprint density at radius 1 is 1.25 bits per heavy atom. The summed E-state index contributed by atoms with van der Waals surface area (Å²) in [4.78, 5) is 22.6.